The van der Waals surface area contributed by atoms with Crippen molar-refractivity contribution in [1.29, 1.82) is 0 Å². The van der Waals surface area contributed by atoms with Crippen molar-refractivity contribution in [3.63, 3.8) is 0 Å². The van der Waals surface area contributed by atoms with Gasteiger partial charge in [-0.25, -0.2) is 4.42 Å². The standard InChI is InChI=1S/C55H71BrN7O12PS/c1-5-60(6-2)40-25-27-44-47(34-40)75-48-35-41(61(7-3)8-4)26-28-45(48)52(44)42-16-11-12-17-43(42)55(68)63-32-30-62(31-33-63)51(66)20-14-13-19-50(65)59-46(37-77(72,73)74)54(67)57-29-15-9-10-18-49(64)58-36-38-21-23-39(24-22-38)53(56)76(69,70)71/h11-12,16-17,21-28,34-35,46,53H,5-10,13-15,18-20,29-33,36-37H2,1-4H3,(H5-,57,58,59,64,65,67,69,70,71,72,73,74)/p+1. The molecule has 416 valence electrons. The van der Waals surface area contributed by atoms with Crippen LogP contribution in [0, 0.1) is 0 Å². The van der Waals surface area contributed by atoms with Crippen LogP contribution < -0.4 is 25.8 Å². The molecule has 1 aromatic heterocycles. The predicted octanol–water partition coefficient (Wildman–Crippen LogP) is 8.01. The molecule has 6 N–H and O–H groups in total. The number of benzene rings is 4. The molecule has 5 amide bonds. The molecule has 19 nitrogen and oxygen atoms in total. The monoisotopic (exact) mass is 1160 g/mol. The molecule has 22 heteroatoms. The maximum absolute atomic E-state index is 14.5. The Labute approximate surface area is 459 Å². The van der Waals surface area contributed by atoms with Gasteiger partial charge in [0.15, 0.2) is 0 Å². The first-order valence-corrected chi connectivity index (χ1v) is 30.5. The van der Waals surface area contributed by atoms with E-state index in [4.69, 9.17) is 4.42 Å². The van der Waals surface area contributed by atoms with E-state index in [9.17, 15) is 51.3 Å². The van der Waals surface area contributed by atoms with E-state index < -0.39 is 45.9 Å². The molecule has 1 aliphatic rings. The molecule has 1 saturated heterocycles. The van der Waals surface area contributed by atoms with Gasteiger partial charge in [0.25, 0.3) is 16.0 Å². The van der Waals surface area contributed by atoms with Crippen LogP contribution in [-0.2, 0) is 40.4 Å². The van der Waals surface area contributed by atoms with Crippen LogP contribution in [0.15, 0.2) is 89.3 Å². The summed E-state index contributed by atoms with van der Waals surface area (Å²) in [4.78, 5) is 92.8. The second kappa shape index (κ2) is 28.1. The quantitative estimate of drug-likeness (QED) is 0.00727. The van der Waals surface area contributed by atoms with E-state index in [1.807, 2.05) is 24.3 Å². The highest BCUT2D eigenvalue weighted by Gasteiger charge is 2.31. The molecule has 0 saturated carbocycles. The first-order chi connectivity index (χ1) is 36.7. The number of unbranched alkanes of at least 4 members (excludes halogenated alkanes) is 3. The summed E-state index contributed by atoms with van der Waals surface area (Å²) in [6.45, 7) is 13.5. The average Bonchev–Trinajstić information content (AvgIpc) is 3.42. The number of halogens is 1. The molecule has 2 atom stereocenters. The lowest BCUT2D eigenvalue weighted by molar-refractivity contribution is -0.133. The zero-order valence-electron chi connectivity index (χ0n) is 44.2. The van der Waals surface area contributed by atoms with Crippen molar-refractivity contribution in [3.05, 3.63) is 102 Å². The number of anilines is 2. The van der Waals surface area contributed by atoms with Gasteiger partial charge in [-0.05, 0) is 100 Å². The molecule has 2 heterocycles. The number of carbonyl (C=O) groups excluding carboxylic acids is 5. The number of rotatable bonds is 27. The predicted molar refractivity (Wildman–Crippen MR) is 303 cm³/mol. The fraction of sp³-hybridized carbons (Fsp3) is 0.455. The van der Waals surface area contributed by atoms with Crippen LogP contribution in [-0.4, -0.2) is 133 Å². The minimum Gasteiger partial charge on any atom is -0.372 e. The first-order valence-electron chi connectivity index (χ1n) is 26.3. The first kappa shape index (κ1) is 60.3. The van der Waals surface area contributed by atoms with Crippen molar-refractivity contribution in [1.82, 2.24) is 25.8 Å². The van der Waals surface area contributed by atoms with Gasteiger partial charge in [0.05, 0.1) is 22.9 Å². The Morgan fingerprint density at radius 1 is 0.701 bits per heavy atom. The second-order valence-electron chi connectivity index (χ2n) is 19.0. The molecule has 0 bridgehead atoms. The van der Waals surface area contributed by atoms with E-state index in [0.29, 0.717) is 74.2 Å². The van der Waals surface area contributed by atoms with E-state index in [-0.39, 0.29) is 56.5 Å². The number of nitrogens with one attached hydrogen (secondary N) is 3. The van der Waals surface area contributed by atoms with Crippen LogP contribution >= 0.6 is 23.5 Å². The Morgan fingerprint density at radius 2 is 1.25 bits per heavy atom. The van der Waals surface area contributed by atoms with E-state index in [1.165, 1.54) is 0 Å². The van der Waals surface area contributed by atoms with Crippen LogP contribution in [0.2, 0.25) is 0 Å². The minimum atomic E-state index is -4.65. The Bertz CT molecular complexity index is 2970. The van der Waals surface area contributed by atoms with Crippen LogP contribution in [0.1, 0.15) is 105 Å². The molecule has 1 fully saturated rings. The van der Waals surface area contributed by atoms with Gasteiger partial charge < -0.3 is 45.3 Å². The fourth-order valence-electron chi connectivity index (χ4n) is 9.53. The van der Waals surface area contributed by atoms with Gasteiger partial charge in [-0.1, -0.05) is 64.8 Å². The van der Waals surface area contributed by atoms with Crippen molar-refractivity contribution in [2.75, 3.05) is 74.5 Å². The molecule has 0 aliphatic carbocycles. The van der Waals surface area contributed by atoms with Crippen molar-refractivity contribution in [3.8, 4) is 11.1 Å². The Balaban J connectivity index is 0.956. The van der Waals surface area contributed by atoms with Crippen molar-refractivity contribution >= 4 is 96.5 Å². The Kier molecular flexibility index (Phi) is 22.0. The zero-order valence-corrected chi connectivity index (χ0v) is 47.5. The highest BCUT2D eigenvalue weighted by atomic mass is 79.9. The summed E-state index contributed by atoms with van der Waals surface area (Å²) < 4.78 is 50.1. The Hall–Kier alpha value is -5.96. The van der Waals surface area contributed by atoms with Crippen LogP contribution in [0.4, 0.5) is 11.4 Å². The lowest BCUT2D eigenvalue weighted by atomic mass is 9.92. The van der Waals surface area contributed by atoms with Gasteiger partial charge in [0.2, 0.25) is 23.6 Å². The van der Waals surface area contributed by atoms with Gasteiger partial charge in [0.1, 0.15) is 16.4 Å². The average molecular weight is 1170 g/mol. The van der Waals surface area contributed by atoms with Crippen molar-refractivity contribution in [2.45, 2.75) is 96.2 Å². The van der Waals surface area contributed by atoms with Gasteiger partial charge in [-0.15, -0.1) is 0 Å². The molecule has 0 radical (unpaired) electrons. The molecule has 6 rings (SSSR count). The summed E-state index contributed by atoms with van der Waals surface area (Å²) >= 11 is 3.00. The Morgan fingerprint density at radius 3 is 1.82 bits per heavy atom. The van der Waals surface area contributed by atoms with Gasteiger partial charge in [0, 0.05) is 107 Å². The molecule has 1 aliphatic heterocycles. The zero-order chi connectivity index (χ0) is 55.9. The number of carbonyl (C=O) groups is 5. The maximum atomic E-state index is 14.5. The smallest absolute Gasteiger partial charge is 0.363 e. The molecular weight excluding hydrogens is 1090 g/mol. The summed E-state index contributed by atoms with van der Waals surface area (Å²) in [7, 11) is -9.01. The highest BCUT2D eigenvalue weighted by Crippen LogP contribution is 2.55. The molecular formula is C55H72BrN7O12PS+. The second-order valence-corrected chi connectivity index (χ2v) is 23.8. The number of hydrogen-bond acceptors (Lipinski definition) is 10. The van der Waals surface area contributed by atoms with Crippen LogP contribution in [0.5, 0.6) is 0 Å². The topological polar surface area (TPSA) is 258 Å². The number of amides is 5. The maximum Gasteiger partial charge on any atom is 0.363 e. The summed E-state index contributed by atoms with van der Waals surface area (Å²) in [5.74, 6) is -2.93. The minimum absolute atomic E-state index is 0.0974. The third-order valence-corrected chi connectivity index (χ3v) is 17.6. The molecule has 5 aromatic rings. The molecule has 2 unspecified atom stereocenters. The summed E-state index contributed by atoms with van der Waals surface area (Å²) in [5, 5.41) is 9.54. The van der Waals surface area contributed by atoms with Gasteiger partial charge in [-0.2, -0.15) is 8.42 Å². The number of nitrogens with zero attached hydrogens (tertiary/aromatic N) is 4. The van der Waals surface area contributed by atoms with Gasteiger partial charge in [-0.3, -0.25) is 33.1 Å². The third kappa shape index (κ3) is 16.8. The summed E-state index contributed by atoms with van der Waals surface area (Å²) in [6, 6.07) is 25.0. The summed E-state index contributed by atoms with van der Waals surface area (Å²) in [6.07, 6.45) is 2.35. The largest absolute Gasteiger partial charge is 0.372 e. The lowest BCUT2D eigenvalue weighted by Crippen LogP contribution is -2.50. The van der Waals surface area contributed by atoms with E-state index in [2.05, 4.69) is 106 Å². The van der Waals surface area contributed by atoms with Crippen LogP contribution in [0.3, 0.4) is 0 Å². The molecule has 4 aromatic carbocycles. The fourth-order valence-corrected chi connectivity index (χ4v) is 11.0. The highest BCUT2D eigenvalue weighted by molar-refractivity contribution is 9.10. The van der Waals surface area contributed by atoms with Crippen molar-refractivity contribution in [2.24, 2.45) is 0 Å². The lowest BCUT2D eigenvalue weighted by Gasteiger charge is -2.35. The normalized spacial score (nSPS) is 13.8. The SMILES string of the molecule is CCN(CC)c1ccc2c(-c3ccccc3C(=O)N3CCN(C(=O)CCCCC(=O)NC(CS(=O)(=O)O)C(=O)NCCCCCC(=O)NCc4ccc(C(Br)P(=O)(O)O)cc4)CC3)c3ccc(N(CC)CC)cc3[o+]c2c1. The third-order valence-electron chi connectivity index (χ3n) is 13.8. The van der Waals surface area contributed by atoms with E-state index >= 15 is 0 Å². The van der Waals surface area contributed by atoms with E-state index in [1.54, 1.807) is 34.1 Å². The molecule has 0 spiro atoms. The van der Waals surface area contributed by atoms with Crippen LogP contribution in [0.25, 0.3) is 33.1 Å². The van der Waals surface area contributed by atoms with E-state index in [0.717, 1.165) is 65.0 Å². The number of piperazine rings is 1. The van der Waals surface area contributed by atoms with Crippen molar-refractivity contribution < 1.29 is 55.7 Å². The summed E-state index contributed by atoms with van der Waals surface area (Å²) in [5.41, 5.74) is 6.91. The number of fused-ring (bicyclic) bond motifs is 2. The number of alkyl halides is 1. The van der Waals surface area contributed by atoms with Gasteiger partial charge >= 0.3 is 18.8 Å². The molecule has 77 heavy (non-hydrogen) atoms. The number of hydrogen-bond donors (Lipinski definition) is 6.